The van der Waals surface area contributed by atoms with Crippen LogP contribution in [-0.4, -0.2) is 39.9 Å². The van der Waals surface area contributed by atoms with Gasteiger partial charge in [0.05, 0.1) is 6.20 Å². The molecule has 1 N–H and O–H groups in total. The Balaban J connectivity index is 1.82. The number of rotatable bonds is 3. The zero-order valence-corrected chi connectivity index (χ0v) is 12.6. The average molecular weight is 262 g/mol. The van der Waals surface area contributed by atoms with Crippen molar-refractivity contribution in [2.24, 2.45) is 11.8 Å². The Morgan fingerprint density at radius 1 is 1.47 bits per heavy atom. The van der Waals surface area contributed by atoms with Crippen LogP contribution in [0.4, 0.5) is 0 Å². The van der Waals surface area contributed by atoms with Crippen LogP contribution in [0.25, 0.3) is 0 Å². The van der Waals surface area contributed by atoms with Crippen molar-refractivity contribution in [2.75, 3.05) is 19.6 Å². The fraction of sp³-hybridized carbons (Fsp3) is 0.800. The molecule has 0 saturated carbocycles. The van der Waals surface area contributed by atoms with Gasteiger partial charge in [0.2, 0.25) is 0 Å². The molecule has 2 aliphatic rings. The number of hydrogen-bond donors (Lipinski definition) is 1. The van der Waals surface area contributed by atoms with Crippen LogP contribution in [-0.2, 0) is 6.54 Å². The fourth-order valence-corrected chi connectivity index (χ4v) is 4.06. The predicted molar refractivity (Wildman–Crippen MR) is 77.0 cm³/mol. The Hall–Kier alpha value is -0.870. The van der Waals surface area contributed by atoms with E-state index in [1.54, 1.807) is 0 Å². The molecular weight excluding hydrogens is 236 g/mol. The minimum absolute atomic E-state index is 0.280. The third-order valence-corrected chi connectivity index (χ3v) is 5.35. The first kappa shape index (κ1) is 13.1. The lowest BCUT2D eigenvalue weighted by molar-refractivity contribution is 0.0970. The Morgan fingerprint density at radius 3 is 2.89 bits per heavy atom. The van der Waals surface area contributed by atoms with Gasteiger partial charge in [0.1, 0.15) is 0 Å². The minimum Gasteiger partial charge on any atom is -0.316 e. The molecule has 0 radical (unpaired) electrons. The molecule has 3 heterocycles. The molecule has 2 aliphatic heterocycles. The summed E-state index contributed by atoms with van der Waals surface area (Å²) in [5.41, 5.74) is 1.63. The highest BCUT2D eigenvalue weighted by molar-refractivity contribution is 5.15. The topological polar surface area (TPSA) is 33.1 Å². The normalized spacial score (nSPS) is 31.6. The predicted octanol–water partition coefficient (Wildman–Crippen LogP) is 1.89. The molecule has 19 heavy (non-hydrogen) atoms. The van der Waals surface area contributed by atoms with Crippen molar-refractivity contribution in [3.05, 3.63) is 18.0 Å². The summed E-state index contributed by atoms with van der Waals surface area (Å²) in [5, 5.41) is 7.97. The van der Waals surface area contributed by atoms with Crippen LogP contribution in [0.2, 0.25) is 0 Å². The van der Waals surface area contributed by atoms with E-state index in [1.165, 1.54) is 25.2 Å². The Kier molecular flexibility index (Phi) is 3.18. The van der Waals surface area contributed by atoms with E-state index in [4.69, 9.17) is 0 Å². The van der Waals surface area contributed by atoms with Gasteiger partial charge in [-0.15, -0.1) is 0 Å². The van der Waals surface area contributed by atoms with E-state index in [9.17, 15) is 0 Å². The maximum atomic E-state index is 4.42. The first-order valence-corrected chi connectivity index (χ1v) is 7.54. The van der Waals surface area contributed by atoms with Gasteiger partial charge in [-0.05, 0) is 46.1 Å². The van der Waals surface area contributed by atoms with Gasteiger partial charge in [-0.3, -0.25) is 9.58 Å². The van der Waals surface area contributed by atoms with E-state index in [2.05, 4.69) is 49.2 Å². The molecule has 2 saturated heterocycles. The monoisotopic (exact) mass is 262 g/mol. The number of hydrogen-bond acceptors (Lipinski definition) is 3. The Labute approximate surface area is 116 Å². The number of aromatic nitrogens is 2. The van der Waals surface area contributed by atoms with Crippen LogP contribution in [0.15, 0.2) is 12.4 Å². The second-order valence-corrected chi connectivity index (χ2v) is 6.64. The Morgan fingerprint density at radius 2 is 2.26 bits per heavy atom. The molecule has 3 rings (SSSR count). The molecule has 1 aromatic heterocycles. The van der Waals surface area contributed by atoms with Gasteiger partial charge < -0.3 is 5.32 Å². The maximum absolute atomic E-state index is 4.42. The molecule has 0 amide bonds. The largest absolute Gasteiger partial charge is 0.316 e. The van der Waals surface area contributed by atoms with Gasteiger partial charge in [-0.2, -0.15) is 5.10 Å². The van der Waals surface area contributed by atoms with Crippen molar-refractivity contribution >= 4 is 0 Å². The van der Waals surface area contributed by atoms with Gasteiger partial charge in [-0.25, -0.2) is 0 Å². The van der Waals surface area contributed by atoms with E-state index < -0.39 is 0 Å². The molecule has 0 bridgehead atoms. The number of nitrogens with zero attached hydrogens (tertiary/aromatic N) is 3. The molecular formula is C15H26N4. The number of nitrogens with one attached hydrogen (secondary N) is 1. The van der Waals surface area contributed by atoms with Crippen molar-refractivity contribution in [1.82, 2.24) is 20.0 Å². The number of fused-ring (bicyclic) bond motifs is 1. The molecule has 4 heteroatoms. The van der Waals surface area contributed by atoms with E-state index in [0.29, 0.717) is 6.04 Å². The summed E-state index contributed by atoms with van der Waals surface area (Å²) in [7, 11) is 0. The van der Waals surface area contributed by atoms with Gasteiger partial charge in [0.25, 0.3) is 0 Å². The lowest BCUT2D eigenvalue weighted by Crippen LogP contribution is -2.45. The van der Waals surface area contributed by atoms with Gasteiger partial charge in [-0.1, -0.05) is 0 Å². The Bertz CT molecular complexity index is 451. The lowest BCUT2D eigenvalue weighted by Gasteiger charge is -2.39. The molecule has 0 aromatic carbocycles. The molecule has 3 unspecified atom stereocenters. The second-order valence-electron chi connectivity index (χ2n) is 6.64. The molecule has 2 fully saturated rings. The van der Waals surface area contributed by atoms with E-state index in [-0.39, 0.29) is 5.54 Å². The highest BCUT2D eigenvalue weighted by Gasteiger charge is 2.50. The third kappa shape index (κ3) is 2.01. The summed E-state index contributed by atoms with van der Waals surface area (Å²) in [6.45, 7) is 13.8. The quantitative estimate of drug-likeness (QED) is 0.903. The zero-order valence-electron chi connectivity index (χ0n) is 12.6. The second kappa shape index (κ2) is 4.60. The average Bonchev–Trinajstić information content (AvgIpc) is 3.06. The van der Waals surface area contributed by atoms with Crippen molar-refractivity contribution < 1.29 is 0 Å². The van der Waals surface area contributed by atoms with Crippen molar-refractivity contribution in [3.63, 3.8) is 0 Å². The molecule has 3 atom stereocenters. The SMILES string of the molecule is CCn1cc(C(C)N2CC3CNCC3C2(C)C)cn1. The third-order valence-electron chi connectivity index (χ3n) is 5.35. The van der Waals surface area contributed by atoms with Gasteiger partial charge in [0, 0.05) is 43.0 Å². The first-order valence-electron chi connectivity index (χ1n) is 7.54. The van der Waals surface area contributed by atoms with Crippen molar-refractivity contribution in [1.29, 1.82) is 0 Å². The van der Waals surface area contributed by atoms with Crippen LogP contribution in [0.1, 0.15) is 39.3 Å². The maximum Gasteiger partial charge on any atom is 0.0537 e. The standard InChI is InChI=1S/C15H26N4/c1-5-18-9-12(7-17-18)11(2)19-10-13-6-16-8-14(13)15(19,3)4/h7,9,11,13-14,16H,5-6,8,10H2,1-4H3. The van der Waals surface area contributed by atoms with E-state index >= 15 is 0 Å². The van der Waals surface area contributed by atoms with Crippen molar-refractivity contribution in [2.45, 2.75) is 45.8 Å². The lowest BCUT2D eigenvalue weighted by atomic mass is 9.84. The summed E-state index contributed by atoms with van der Waals surface area (Å²) >= 11 is 0. The van der Waals surface area contributed by atoms with Gasteiger partial charge >= 0.3 is 0 Å². The highest BCUT2D eigenvalue weighted by Crippen LogP contribution is 2.44. The molecule has 106 valence electrons. The number of likely N-dealkylation sites (tertiary alicyclic amines) is 1. The van der Waals surface area contributed by atoms with Crippen LogP contribution < -0.4 is 5.32 Å². The van der Waals surface area contributed by atoms with E-state index in [1.807, 2.05) is 10.9 Å². The van der Waals surface area contributed by atoms with Crippen molar-refractivity contribution in [3.8, 4) is 0 Å². The molecule has 4 nitrogen and oxygen atoms in total. The molecule has 0 aliphatic carbocycles. The van der Waals surface area contributed by atoms with E-state index in [0.717, 1.165) is 18.4 Å². The summed E-state index contributed by atoms with van der Waals surface area (Å²) in [4.78, 5) is 2.68. The summed E-state index contributed by atoms with van der Waals surface area (Å²) in [6, 6.07) is 0.459. The summed E-state index contributed by atoms with van der Waals surface area (Å²) < 4.78 is 2.03. The fourth-order valence-electron chi connectivity index (χ4n) is 4.06. The summed E-state index contributed by atoms with van der Waals surface area (Å²) in [6.07, 6.45) is 4.24. The summed E-state index contributed by atoms with van der Waals surface area (Å²) in [5.74, 6) is 1.61. The smallest absolute Gasteiger partial charge is 0.0537 e. The van der Waals surface area contributed by atoms with Gasteiger partial charge in [0.15, 0.2) is 0 Å². The van der Waals surface area contributed by atoms with Crippen LogP contribution >= 0.6 is 0 Å². The highest BCUT2D eigenvalue weighted by atomic mass is 15.3. The zero-order chi connectivity index (χ0) is 13.6. The minimum atomic E-state index is 0.280. The molecule has 0 spiro atoms. The first-order chi connectivity index (χ1) is 9.04. The van der Waals surface area contributed by atoms with Crippen LogP contribution in [0, 0.1) is 11.8 Å². The van der Waals surface area contributed by atoms with Crippen LogP contribution in [0.3, 0.4) is 0 Å². The number of aryl methyl sites for hydroxylation is 1. The van der Waals surface area contributed by atoms with Crippen LogP contribution in [0.5, 0.6) is 0 Å². The molecule has 1 aromatic rings.